The van der Waals surface area contributed by atoms with Crippen molar-refractivity contribution in [1.82, 2.24) is 0 Å². The maximum atomic E-state index is 10.1. The first kappa shape index (κ1) is 42.7. The summed E-state index contributed by atoms with van der Waals surface area (Å²) in [6.45, 7) is 42.7. The Balaban J connectivity index is 1.59. The summed E-state index contributed by atoms with van der Waals surface area (Å²) in [5, 5.41) is 40.4. The molecule has 14 nitrogen and oxygen atoms in total. The van der Waals surface area contributed by atoms with Crippen molar-refractivity contribution in [2.24, 2.45) is 0 Å². The Morgan fingerprint density at radius 2 is 0.767 bits per heavy atom. The Bertz CT molecular complexity index is 2220. The van der Waals surface area contributed by atoms with Gasteiger partial charge in [-0.25, -0.2) is 40.4 Å². The van der Waals surface area contributed by atoms with Crippen LogP contribution in [0.1, 0.15) is 64.5 Å². The van der Waals surface area contributed by atoms with E-state index in [4.69, 9.17) is 45.2 Å². The first-order valence-corrected chi connectivity index (χ1v) is 19.1. The molecule has 14 heteroatoms. The molecule has 5 rings (SSSR count). The van der Waals surface area contributed by atoms with Gasteiger partial charge in [0.05, 0.1) is 50.6 Å². The van der Waals surface area contributed by atoms with Crippen LogP contribution in [-0.4, -0.2) is 37.8 Å². The fraction of sp³-hybridized carbons (Fsp3) is 0.304. The predicted octanol–water partition coefficient (Wildman–Crippen LogP) is 9.52. The van der Waals surface area contributed by atoms with Crippen LogP contribution in [0.3, 0.4) is 0 Å². The van der Waals surface area contributed by atoms with E-state index in [1.165, 1.54) is 0 Å². The number of hydrogen-bond donors (Lipinski definition) is 0. The van der Waals surface area contributed by atoms with Crippen molar-refractivity contribution in [2.75, 3.05) is 36.0 Å². The Kier molecular flexibility index (Phi) is 13.3. The van der Waals surface area contributed by atoms with Crippen molar-refractivity contribution < 1.29 is 18.9 Å². The average molecular weight is 795 g/mol. The van der Waals surface area contributed by atoms with Gasteiger partial charge >= 0.3 is 22.8 Å². The van der Waals surface area contributed by atoms with E-state index >= 15 is 0 Å². The number of anilines is 2. The molecule has 3 aliphatic rings. The minimum Gasteiger partial charge on any atom is -0.462 e. The van der Waals surface area contributed by atoms with Crippen molar-refractivity contribution in [3.05, 3.63) is 162 Å². The second kappa shape index (κ2) is 18.7. The van der Waals surface area contributed by atoms with E-state index in [-0.39, 0.29) is 59.9 Å². The number of hydrogen-bond acceptors (Lipinski definition) is 10. The summed E-state index contributed by atoms with van der Waals surface area (Å²) >= 11 is 0. The van der Waals surface area contributed by atoms with Crippen LogP contribution in [0.15, 0.2) is 106 Å². The molecule has 296 valence electrons. The van der Waals surface area contributed by atoms with Crippen LogP contribution in [0, 0.1) is 71.6 Å². The summed E-state index contributed by atoms with van der Waals surface area (Å²) in [6.07, 6.45) is 2.81. The molecule has 2 aliphatic heterocycles. The maximum Gasteiger partial charge on any atom is 0.303 e. The van der Waals surface area contributed by atoms with E-state index < -0.39 is 34.4 Å². The van der Waals surface area contributed by atoms with Crippen LogP contribution < -0.4 is 9.80 Å². The zero-order valence-corrected chi connectivity index (χ0v) is 33.5. The van der Waals surface area contributed by atoms with Gasteiger partial charge in [0.1, 0.15) is 0 Å². The fourth-order valence-electron chi connectivity index (χ4n) is 7.18. The zero-order chi connectivity index (χ0) is 43.5. The SMILES string of the molecule is [C-]#[N+]/C(C#N)=C1\OC2(CCC3(CC2)O/C(=C(\C#N)[N+]#[C-])C(=Cc2ccc(N(CC)CC)cc2)/C(=C(/C#N)[N+]#[C-])O3)O/C(=C(/C#N)[N+]#[C-])C1=Cc1ccc(N(CC)CC)cc1. The van der Waals surface area contributed by atoms with Crippen molar-refractivity contribution in [3.63, 3.8) is 0 Å². The number of nitriles is 4. The molecule has 2 aromatic rings. The lowest BCUT2D eigenvalue weighted by molar-refractivity contribution is -0.287. The molecule has 0 unspecified atom stereocenters. The highest BCUT2D eigenvalue weighted by molar-refractivity contribution is 5.70. The van der Waals surface area contributed by atoms with E-state index in [9.17, 15) is 21.0 Å². The van der Waals surface area contributed by atoms with E-state index in [0.29, 0.717) is 11.1 Å². The maximum absolute atomic E-state index is 10.1. The molecule has 0 atom stereocenters. The second-order valence-electron chi connectivity index (χ2n) is 13.5. The Morgan fingerprint density at radius 1 is 0.517 bits per heavy atom. The molecule has 0 radical (unpaired) electrons. The molecule has 0 aromatic heterocycles. The van der Waals surface area contributed by atoms with Crippen molar-refractivity contribution in [2.45, 2.75) is 65.0 Å². The second-order valence-corrected chi connectivity index (χ2v) is 13.5. The molecule has 2 spiro atoms. The normalized spacial score (nSPS) is 22.3. The smallest absolute Gasteiger partial charge is 0.303 e. The molecule has 2 aromatic carbocycles. The molecular formula is C46H38N10O4. The molecule has 0 bridgehead atoms. The lowest BCUT2D eigenvalue weighted by atomic mass is 9.86. The van der Waals surface area contributed by atoms with Crippen LogP contribution in [-0.2, 0) is 18.9 Å². The molecule has 2 saturated heterocycles. The van der Waals surface area contributed by atoms with Gasteiger partial charge in [0.2, 0.25) is 11.6 Å². The highest BCUT2D eigenvalue weighted by atomic mass is 16.7. The molecule has 2 heterocycles. The third-order valence-corrected chi connectivity index (χ3v) is 10.3. The van der Waals surface area contributed by atoms with Crippen LogP contribution in [0.2, 0.25) is 0 Å². The van der Waals surface area contributed by atoms with E-state index in [1.54, 1.807) is 12.2 Å². The molecule has 0 N–H and O–H groups in total. The van der Waals surface area contributed by atoms with Gasteiger partial charge in [-0.2, -0.15) is 0 Å². The van der Waals surface area contributed by atoms with Crippen LogP contribution in [0.4, 0.5) is 11.4 Å². The number of allylic oxidation sites excluding steroid dienone is 4. The Hall–Kier alpha value is -8.40. The molecular weight excluding hydrogens is 757 g/mol. The van der Waals surface area contributed by atoms with Gasteiger partial charge < -0.3 is 28.7 Å². The van der Waals surface area contributed by atoms with E-state index in [1.807, 2.05) is 101 Å². The molecule has 0 amide bonds. The number of rotatable bonds is 8. The van der Waals surface area contributed by atoms with Crippen molar-refractivity contribution >= 4 is 23.5 Å². The lowest BCUT2D eigenvalue weighted by Gasteiger charge is -2.50. The third kappa shape index (κ3) is 8.47. The van der Waals surface area contributed by atoms with Crippen LogP contribution in [0.25, 0.3) is 31.5 Å². The van der Waals surface area contributed by atoms with E-state index in [2.05, 4.69) is 29.2 Å². The monoisotopic (exact) mass is 794 g/mol. The van der Waals surface area contributed by atoms with Gasteiger partial charge in [-0.15, -0.1) is 0 Å². The summed E-state index contributed by atoms with van der Waals surface area (Å²) in [5.41, 5.74) is 1.58. The topological polar surface area (TPSA) is 156 Å². The summed E-state index contributed by atoms with van der Waals surface area (Å²) in [6, 6.07) is 22.5. The number of benzene rings is 2. The van der Waals surface area contributed by atoms with Crippen LogP contribution in [0.5, 0.6) is 0 Å². The van der Waals surface area contributed by atoms with Gasteiger partial charge in [-0.1, -0.05) is 24.3 Å². The quantitative estimate of drug-likeness (QED) is 0.186. The molecule has 1 saturated carbocycles. The van der Waals surface area contributed by atoms with Gasteiger partial charge in [-0.3, -0.25) is 0 Å². The highest BCUT2D eigenvalue weighted by Gasteiger charge is 2.55. The van der Waals surface area contributed by atoms with Crippen molar-refractivity contribution in [3.8, 4) is 24.3 Å². The largest absolute Gasteiger partial charge is 0.462 e. The highest BCUT2D eigenvalue weighted by Crippen LogP contribution is 2.53. The summed E-state index contributed by atoms with van der Waals surface area (Å²) < 4.78 is 25.9. The Labute approximate surface area is 350 Å². The van der Waals surface area contributed by atoms with Crippen molar-refractivity contribution in [1.29, 1.82) is 21.0 Å². The first-order chi connectivity index (χ1) is 29.1. The minimum absolute atomic E-state index is 0.0588. The number of ether oxygens (including phenoxy) is 4. The standard InChI is InChI=1S/C46H38N10O4/c1-9-55(10-2)33-17-13-31(14-18-33)25-35-41(37(27-47)51-5)57-45(58-42(35)38(28-48)52-6)21-23-46(24-22-45)59-43(39(29-49)53-7)36(44(60-46)40(30-50)54-8)26-32-15-19-34(20-16-32)56(11-3)12-4/h13-20,25-26H,9-12,21-24H2,1-4H3/b35-25?,36-26?,41-37-,42-38-,43-39+,44-40+. The van der Waals surface area contributed by atoms with Gasteiger partial charge in [0.15, 0.2) is 23.0 Å². The van der Waals surface area contributed by atoms with Gasteiger partial charge in [0.25, 0.3) is 0 Å². The predicted molar refractivity (Wildman–Crippen MR) is 221 cm³/mol. The zero-order valence-electron chi connectivity index (χ0n) is 33.5. The molecule has 1 aliphatic carbocycles. The molecule has 60 heavy (non-hydrogen) atoms. The molecule has 3 fully saturated rings. The third-order valence-electron chi connectivity index (χ3n) is 10.3. The number of nitrogens with zero attached hydrogens (tertiary/aromatic N) is 10. The minimum atomic E-state index is -1.65. The van der Waals surface area contributed by atoms with Crippen LogP contribution >= 0.6 is 0 Å². The lowest BCUT2D eigenvalue weighted by Crippen LogP contribution is -2.51. The average Bonchev–Trinajstić information content (AvgIpc) is 3.28. The van der Waals surface area contributed by atoms with Gasteiger partial charge in [-0.05, 0) is 75.2 Å². The van der Waals surface area contributed by atoms with Gasteiger partial charge in [0, 0.05) is 74.4 Å². The summed E-state index contributed by atoms with van der Waals surface area (Å²) in [4.78, 5) is 18.0. The summed E-state index contributed by atoms with van der Waals surface area (Å²) in [7, 11) is 0. The first-order valence-electron chi connectivity index (χ1n) is 19.1. The summed E-state index contributed by atoms with van der Waals surface area (Å²) in [5.74, 6) is -4.04. The Morgan fingerprint density at radius 3 is 0.967 bits per heavy atom. The fourth-order valence-corrected chi connectivity index (χ4v) is 7.18. The van der Waals surface area contributed by atoms with E-state index in [0.717, 1.165) is 37.6 Å².